The molecule has 150 valence electrons. The van der Waals surface area contributed by atoms with Gasteiger partial charge in [0.1, 0.15) is 0 Å². The second-order valence-electron chi connectivity index (χ2n) is 7.44. The fraction of sp³-hybridized carbons (Fsp3) is 0.905. The molecule has 5 heteroatoms. The second-order valence-corrected chi connectivity index (χ2v) is 7.44. The molecule has 0 rings (SSSR count). The summed E-state index contributed by atoms with van der Waals surface area (Å²) in [7, 11) is 0. The molecule has 0 atom stereocenters. The van der Waals surface area contributed by atoms with Crippen molar-refractivity contribution in [2.24, 2.45) is 5.41 Å². The van der Waals surface area contributed by atoms with E-state index in [4.69, 9.17) is 0 Å². The van der Waals surface area contributed by atoms with E-state index in [-0.39, 0.29) is 33.1 Å². The minimum absolute atomic E-state index is 0. The van der Waals surface area contributed by atoms with E-state index >= 15 is 0 Å². The van der Waals surface area contributed by atoms with Gasteiger partial charge in [0.25, 0.3) is 0 Å². The molecular weight excluding hydrogens is 323 g/mol. The van der Waals surface area contributed by atoms with Crippen molar-refractivity contribution in [3.8, 4) is 0 Å². The van der Waals surface area contributed by atoms with E-state index in [1.807, 2.05) is 0 Å². The van der Waals surface area contributed by atoms with Gasteiger partial charge in [0.05, 0.1) is 0 Å². The summed E-state index contributed by atoms with van der Waals surface area (Å²) in [6, 6.07) is 0. The molecule has 0 saturated carbocycles. The molecule has 4 nitrogen and oxygen atoms in total. The second kappa shape index (κ2) is 17.9. The maximum atomic E-state index is 11.7. The van der Waals surface area contributed by atoms with Gasteiger partial charge in [-0.15, -0.1) is 0 Å². The van der Waals surface area contributed by atoms with Crippen molar-refractivity contribution in [1.82, 2.24) is 0 Å². The average Bonchev–Trinajstić information content (AvgIpc) is 2.57. The van der Waals surface area contributed by atoms with E-state index in [1.165, 1.54) is 51.4 Å². The number of unbranched alkanes of at least 4 members (excludes halogenated alkanes) is 12. The van der Waals surface area contributed by atoms with Crippen LogP contribution in [-0.2, 0) is 9.59 Å². The molecule has 0 unspecified atom stereocenters. The van der Waals surface area contributed by atoms with E-state index < -0.39 is 17.4 Å². The van der Waals surface area contributed by atoms with Crippen LogP contribution in [-0.4, -0.2) is 22.2 Å². The summed E-state index contributed by atoms with van der Waals surface area (Å²) in [5.74, 6) is -2.31. The molecule has 0 saturated heterocycles. The zero-order chi connectivity index (χ0) is 19.0. The van der Waals surface area contributed by atoms with Crippen molar-refractivity contribution in [3.05, 3.63) is 0 Å². The summed E-state index contributed by atoms with van der Waals surface area (Å²) < 4.78 is 0. The molecule has 0 aliphatic carbocycles. The smallest absolute Gasteiger partial charge is 1.00 e. The first kappa shape index (κ1) is 27.8. The van der Waals surface area contributed by atoms with Crippen LogP contribution in [0.5, 0.6) is 0 Å². The normalized spacial score (nSPS) is 11.2. The third kappa shape index (κ3) is 12.0. The van der Waals surface area contributed by atoms with Gasteiger partial charge in [-0.2, -0.15) is 0 Å². The zero-order valence-corrected chi connectivity index (χ0v) is 17.5. The molecule has 0 amide bonds. The van der Waals surface area contributed by atoms with Crippen LogP contribution < -0.4 is 18.9 Å². The van der Waals surface area contributed by atoms with Crippen molar-refractivity contribution in [3.63, 3.8) is 0 Å². The summed E-state index contributed by atoms with van der Waals surface area (Å²) in [6.45, 7) is 4.36. The Hall–Kier alpha value is -0.463. The Labute approximate surface area is 174 Å². The van der Waals surface area contributed by atoms with Gasteiger partial charge < -0.3 is 11.6 Å². The fourth-order valence-electron chi connectivity index (χ4n) is 3.41. The zero-order valence-electron chi connectivity index (χ0n) is 18.5. The van der Waals surface area contributed by atoms with Crippen molar-refractivity contribution in [1.29, 1.82) is 0 Å². The van der Waals surface area contributed by atoms with E-state index in [2.05, 4.69) is 13.8 Å². The predicted octanol–water partition coefficient (Wildman–Crippen LogP) is 3.54. The SMILES string of the molecule is CCCCCCCCCC(CCCCCCCCC)(C(=O)O)C(=O)O.[H-].[Li+]. The van der Waals surface area contributed by atoms with E-state index in [0.717, 1.165) is 25.7 Å². The third-order valence-electron chi connectivity index (χ3n) is 5.23. The van der Waals surface area contributed by atoms with Gasteiger partial charge in [-0.3, -0.25) is 9.59 Å². The largest absolute Gasteiger partial charge is 1.00 e. The first-order valence-corrected chi connectivity index (χ1v) is 10.5. The van der Waals surface area contributed by atoms with Gasteiger partial charge in [0.2, 0.25) is 0 Å². The number of hydrogen-bond acceptors (Lipinski definition) is 2. The molecule has 0 aromatic rings. The summed E-state index contributed by atoms with van der Waals surface area (Å²) in [5, 5.41) is 19.1. The number of hydrogen-bond donors (Lipinski definition) is 2. The maximum Gasteiger partial charge on any atom is 1.00 e. The number of aliphatic carboxylic acids is 2. The van der Waals surface area contributed by atoms with Crippen molar-refractivity contribution in [2.75, 3.05) is 0 Å². The standard InChI is InChI=1S/C21H40O4.Li.H/c1-3-5-7-9-11-13-15-17-21(19(22)23,20(24)25)18-16-14-12-10-8-6-4-2;;/h3-18H2,1-2H3,(H,22,23)(H,24,25);;/q;+1;-1. The predicted molar refractivity (Wildman–Crippen MR) is 104 cm³/mol. The Kier molecular flexibility index (Phi) is 19.1. The van der Waals surface area contributed by atoms with E-state index in [0.29, 0.717) is 12.8 Å². The molecule has 0 radical (unpaired) electrons. The van der Waals surface area contributed by atoms with Crippen LogP contribution in [0.3, 0.4) is 0 Å². The quantitative estimate of drug-likeness (QED) is 0.222. The first-order chi connectivity index (χ1) is 12.0. The number of rotatable bonds is 18. The molecule has 0 aromatic heterocycles. The molecule has 0 aliphatic heterocycles. The van der Waals surface area contributed by atoms with Crippen LogP contribution in [0.4, 0.5) is 0 Å². The van der Waals surface area contributed by atoms with Crippen LogP contribution in [0.25, 0.3) is 0 Å². The average molecular weight is 364 g/mol. The van der Waals surface area contributed by atoms with E-state index in [1.54, 1.807) is 0 Å². The monoisotopic (exact) mass is 364 g/mol. The van der Waals surface area contributed by atoms with Gasteiger partial charge in [-0.1, -0.05) is 104 Å². The Balaban J connectivity index is -0.00000288. The maximum absolute atomic E-state index is 11.7. The van der Waals surface area contributed by atoms with Crippen molar-refractivity contribution >= 4 is 11.9 Å². The van der Waals surface area contributed by atoms with Crippen molar-refractivity contribution in [2.45, 2.75) is 117 Å². The number of carbonyl (C=O) groups is 2. The molecule has 26 heavy (non-hydrogen) atoms. The molecule has 0 heterocycles. The Morgan fingerprint density at radius 3 is 1.15 bits per heavy atom. The minimum atomic E-state index is -1.58. The van der Waals surface area contributed by atoms with E-state index in [9.17, 15) is 19.8 Å². The van der Waals surface area contributed by atoms with Gasteiger partial charge in [0.15, 0.2) is 5.41 Å². The molecule has 0 aromatic carbocycles. The van der Waals surface area contributed by atoms with Crippen LogP contribution in [0.2, 0.25) is 0 Å². The van der Waals surface area contributed by atoms with Crippen LogP contribution in [0.15, 0.2) is 0 Å². The van der Waals surface area contributed by atoms with Gasteiger partial charge in [-0.05, 0) is 12.8 Å². The molecule has 0 aliphatic rings. The van der Waals surface area contributed by atoms with Crippen LogP contribution in [0, 0.1) is 5.41 Å². The topological polar surface area (TPSA) is 74.6 Å². The molecular formula is C21H41LiO4. The molecule has 0 spiro atoms. The van der Waals surface area contributed by atoms with Gasteiger partial charge in [0, 0.05) is 0 Å². The fourth-order valence-corrected chi connectivity index (χ4v) is 3.41. The summed E-state index contributed by atoms with van der Waals surface area (Å²) in [4.78, 5) is 23.4. The Bertz CT molecular complexity index is 330. The summed E-state index contributed by atoms with van der Waals surface area (Å²) in [5.41, 5.74) is -1.58. The van der Waals surface area contributed by atoms with Gasteiger partial charge >= 0.3 is 30.8 Å². The van der Waals surface area contributed by atoms with Crippen LogP contribution >= 0.6 is 0 Å². The summed E-state index contributed by atoms with van der Waals surface area (Å²) in [6.07, 6.45) is 15.6. The van der Waals surface area contributed by atoms with Gasteiger partial charge in [-0.25, -0.2) is 0 Å². The summed E-state index contributed by atoms with van der Waals surface area (Å²) >= 11 is 0. The molecule has 0 bridgehead atoms. The number of carboxylic acids is 2. The van der Waals surface area contributed by atoms with Crippen molar-refractivity contribution < 1.29 is 40.1 Å². The molecule has 2 N–H and O–H groups in total. The minimum Gasteiger partial charge on any atom is -1.00 e. The Morgan fingerprint density at radius 1 is 0.615 bits per heavy atom. The third-order valence-corrected chi connectivity index (χ3v) is 5.23. The Morgan fingerprint density at radius 2 is 0.885 bits per heavy atom. The number of carboxylic acid groups (broad SMARTS) is 2. The van der Waals surface area contributed by atoms with Crippen LogP contribution in [0.1, 0.15) is 118 Å². The first-order valence-electron chi connectivity index (χ1n) is 10.5. The molecule has 0 fully saturated rings.